The van der Waals surface area contributed by atoms with Crippen molar-refractivity contribution in [1.29, 1.82) is 0 Å². The first kappa shape index (κ1) is 34.8. The largest absolute Gasteiger partial charge is 0.483 e. The first-order valence-electron chi connectivity index (χ1n) is 18.6. The fourth-order valence-corrected chi connectivity index (χ4v) is 8.34. The van der Waals surface area contributed by atoms with Crippen LogP contribution in [0.5, 0.6) is 11.5 Å². The Morgan fingerprint density at radius 2 is 1.49 bits per heavy atom. The predicted octanol–water partition coefficient (Wildman–Crippen LogP) is 12.3. The molecule has 0 fully saturated rings. The summed E-state index contributed by atoms with van der Waals surface area (Å²) in [6.07, 6.45) is 13.1. The van der Waals surface area contributed by atoms with E-state index in [0.29, 0.717) is 5.75 Å². The molecule has 1 aliphatic carbocycles. The maximum Gasteiger partial charge on any atom is 0.135 e. The molecule has 5 nitrogen and oxygen atoms in total. The molecule has 6 heteroatoms. The van der Waals surface area contributed by atoms with Gasteiger partial charge in [-0.05, 0) is 82.4 Å². The second kappa shape index (κ2) is 14.6. The zero-order valence-electron chi connectivity index (χ0n) is 30.0. The number of rotatable bonds is 11. The monoisotopic (exact) mass is 783 g/mol. The third kappa shape index (κ3) is 6.10. The van der Waals surface area contributed by atoms with Crippen LogP contribution in [-0.2, 0) is 25.8 Å². The molecule has 0 aliphatic heterocycles. The van der Waals surface area contributed by atoms with Crippen molar-refractivity contribution < 1.29 is 25.2 Å². The number of ether oxygens (including phenoxy) is 1. The minimum absolute atomic E-state index is 0. The number of aromatic nitrogens is 4. The van der Waals surface area contributed by atoms with E-state index in [1.807, 2.05) is 59.5 Å². The van der Waals surface area contributed by atoms with E-state index in [1.54, 1.807) is 0 Å². The molecular weight excluding hydrogens is 743 g/mol. The van der Waals surface area contributed by atoms with E-state index < -0.39 is 0 Å². The van der Waals surface area contributed by atoms with Crippen LogP contribution < -0.4 is 4.74 Å². The van der Waals surface area contributed by atoms with Crippen LogP contribution in [0.25, 0.3) is 55.6 Å². The van der Waals surface area contributed by atoms with Crippen LogP contribution in [0.4, 0.5) is 0 Å². The summed E-state index contributed by atoms with van der Waals surface area (Å²) >= 11 is 0. The Hall–Kier alpha value is -5.28. The maximum atomic E-state index is 6.46. The summed E-state index contributed by atoms with van der Waals surface area (Å²) < 4.78 is 10.6. The number of hydrogen-bond acceptors (Lipinski definition) is 3. The van der Waals surface area contributed by atoms with Crippen molar-refractivity contribution >= 4 is 21.8 Å². The van der Waals surface area contributed by atoms with Gasteiger partial charge in [-0.25, -0.2) is 9.67 Å². The fraction of sp³-hybridized carbons (Fsp3) is 0.191. The van der Waals surface area contributed by atoms with Crippen molar-refractivity contribution in [2.75, 3.05) is 0 Å². The molecule has 0 amide bonds. The van der Waals surface area contributed by atoms with Crippen LogP contribution in [-0.4, -0.2) is 19.3 Å². The summed E-state index contributed by atoms with van der Waals surface area (Å²) in [6.45, 7) is 4.61. The van der Waals surface area contributed by atoms with E-state index >= 15 is 0 Å². The van der Waals surface area contributed by atoms with Gasteiger partial charge < -0.3 is 9.30 Å². The number of fused-ring (bicyclic) bond motifs is 6. The second-order valence-corrected chi connectivity index (χ2v) is 14.0. The number of benzene rings is 5. The summed E-state index contributed by atoms with van der Waals surface area (Å²) in [5.41, 5.74) is 11.1. The average Bonchev–Trinajstić information content (AvgIpc) is 3.89. The van der Waals surface area contributed by atoms with E-state index in [2.05, 4.69) is 115 Å². The van der Waals surface area contributed by atoms with Crippen molar-refractivity contribution in [1.82, 2.24) is 19.3 Å². The minimum atomic E-state index is 0. The predicted molar refractivity (Wildman–Crippen MR) is 212 cm³/mol. The topological polar surface area (TPSA) is 44.9 Å². The van der Waals surface area contributed by atoms with Gasteiger partial charge in [0.15, 0.2) is 0 Å². The molecule has 9 rings (SSSR count). The van der Waals surface area contributed by atoms with Crippen molar-refractivity contribution in [3.63, 3.8) is 0 Å². The Balaban J connectivity index is 0.00000400. The molecule has 266 valence electrons. The van der Waals surface area contributed by atoms with Gasteiger partial charge in [0.1, 0.15) is 11.6 Å². The molecule has 0 bridgehead atoms. The van der Waals surface area contributed by atoms with Crippen LogP contribution in [0.1, 0.15) is 63.5 Å². The van der Waals surface area contributed by atoms with Crippen molar-refractivity contribution in [3.8, 4) is 45.3 Å². The van der Waals surface area contributed by atoms with Gasteiger partial charge in [-0.3, -0.25) is 0 Å². The molecule has 8 aromatic rings. The van der Waals surface area contributed by atoms with Gasteiger partial charge in [-0.1, -0.05) is 112 Å². The number of unbranched alkanes of at least 4 members (excludes halogenated alkanes) is 2. The molecule has 0 N–H and O–H groups in total. The zero-order chi connectivity index (χ0) is 35.1. The van der Waals surface area contributed by atoms with Gasteiger partial charge in [0.25, 0.3) is 0 Å². The van der Waals surface area contributed by atoms with E-state index in [0.717, 1.165) is 44.6 Å². The summed E-state index contributed by atoms with van der Waals surface area (Å²) in [7, 11) is 0. The molecule has 3 heterocycles. The van der Waals surface area contributed by atoms with Crippen LogP contribution in [0, 0.1) is 6.07 Å². The number of hydrogen-bond donors (Lipinski definition) is 0. The SMILES string of the molecule is CCCCC1(CCCC)c2ccccc2-c2ccc(-c3cnn(-c4cccc(Oc5[c-]c6c(cc5)c5ccccc5n6-c5ccccn5)c4)c3)cc21.[Pd]. The van der Waals surface area contributed by atoms with E-state index in [4.69, 9.17) is 9.84 Å². The van der Waals surface area contributed by atoms with Crippen LogP contribution >= 0.6 is 0 Å². The molecule has 0 unspecified atom stereocenters. The Kier molecular flexibility index (Phi) is 9.60. The van der Waals surface area contributed by atoms with Crippen LogP contribution in [0.15, 0.2) is 140 Å². The smallest absolute Gasteiger partial charge is 0.135 e. The van der Waals surface area contributed by atoms with E-state index in [-0.39, 0.29) is 25.8 Å². The number of nitrogens with zero attached hydrogens (tertiary/aromatic N) is 4. The van der Waals surface area contributed by atoms with Crippen molar-refractivity contribution in [2.45, 2.75) is 57.8 Å². The van der Waals surface area contributed by atoms with E-state index in [1.165, 1.54) is 66.3 Å². The first-order valence-corrected chi connectivity index (χ1v) is 18.6. The summed E-state index contributed by atoms with van der Waals surface area (Å²) in [5, 5.41) is 7.09. The molecule has 5 aromatic carbocycles. The Morgan fingerprint density at radius 1 is 0.698 bits per heavy atom. The fourth-order valence-electron chi connectivity index (χ4n) is 8.34. The third-order valence-electron chi connectivity index (χ3n) is 10.8. The minimum Gasteiger partial charge on any atom is -0.483 e. The molecule has 0 saturated heterocycles. The summed E-state index contributed by atoms with van der Waals surface area (Å²) in [6, 6.07) is 46.3. The Bertz CT molecular complexity index is 2540. The maximum absolute atomic E-state index is 6.46. The normalized spacial score (nSPS) is 12.8. The summed E-state index contributed by atoms with van der Waals surface area (Å²) in [4.78, 5) is 4.65. The standard InChI is InChI=1S/C47H41N4O.Pd/c1-3-5-25-47(26-6-4-2)42-18-9-7-16-38(42)39-23-21-33(28-43(39)47)34-31-49-50(32-34)35-14-13-15-36(29-35)52-37-22-24-41-40-17-8-10-19-44(40)51(45(41)30-37)46-20-11-12-27-48-46;/h7-24,27-29,31-32H,3-6,25-26H2,1-2H3;/q-1;. The number of pyridine rings is 1. The van der Waals surface area contributed by atoms with Gasteiger partial charge in [0.2, 0.25) is 0 Å². The first-order chi connectivity index (χ1) is 25.7. The Morgan fingerprint density at radius 3 is 2.32 bits per heavy atom. The van der Waals surface area contributed by atoms with Gasteiger partial charge in [-0.15, -0.1) is 17.5 Å². The third-order valence-corrected chi connectivity index (χ3v) is 10.8. The molecule has 3 aromatic heterocycles. The molecule has 1 aliphatic rings. The van der Waals surface area contributed by atoms with Crippen LogP contribution in [0.3, 0.4) is 0 Å². The second-order valence-electron chi connectivity index (χ2n) is 14.0. The number of para-hydroxylation sites is 1. The van der Waals surface area contributed by atoms with E-state index in [9.17, 15) is 0 Å². The van der Waals surface area contributed by atoms with Gasteiger partial charge in [0, 0.05) is 61.1 Å². The molecule has 0 saturated carbocycles. The summed E-state index contributed by atoms with van der Waals surface area (Å²) in [5.74, 6) is 2.20. The molecule has 0 spiro atoms. The van der Waals surface area contributed by atoms with Gasteiger partial charge in [-0.2, -0.15) is 11.2 Å². The average molecular weight is 784 g/mol. The van der Waals surface area contributed by atoms with Crippen molar-refractivity contribution in [2.24, 2.45) is 0 Å². The van der Waals surface area contributed by atoms with Gasteiger partial charge in [0.05, 0.1) is 11.9 Å². The molecule has 0 radical (unpaired) electrons. The zero-order valence-corrected chi connectivity index (χ0v) is 31.6. The molecule has 53 heavy (non-hydrogen) atoms. The Labute approximate surface area is 324 Å². The quantitative estimate of drug-likeness (QED) is 0.0969. The van der Waals surface area contributed by atoms with Crippen molar-refractivity contribution in [3.05, 3.63) is 157 Å². The van der Waals surface area contributed by atoms with Crippen LogP contribution in [0.2, 0.25) is 0 Å². The molecule has 0 atom stereocenters. The molecular formula is C47H41N4OPd-. The van der Waals surface area contributed by atoms with Gasteiger partial charge >= 0.3 is 0 Å².